The molecule has 0 aliphatic rings. The lowest BCUT2D eigenvalue weighted by Crippen LogP contribution is -2.38. The molecule has 6 heteroatoms. The molecule has 0 heterocycles. The van der Waals surface area contributed by atoms with Crippen molar-refractivity contribution in [3.8, 4) is 0 Å². The number of rotatable bonds is 4. The Hall–Kier alpha value is 0.840. The summed E-state index contributed by atoms with van der Waals surface area (Å²) in [7, 11) is 0. The van der Waals surface area contributed by atoms with Crippen LogP contribution in [0.2, 0.25) is 0 Å². The Morgan fingerprint density at radius 2 is 1.94 bits per heavy atom. The van der Waals surface area contributed by atoms with E-state index in [1.54, 1.807) is 0 Å². The van der Waals surface area contributed by atoms with Gasteiger partial charge < -0.3 is 10.4 Å². The number of carbonyl (C=O) groups excluding carboxylic acids is 1. The van der Waals surface area contributed by atoms with E-state index in [0.29, 0.717) is 5.56 Å². The molecule has 1 aromatic rings. The largest absolute Gasteiger partial charge is 0.396 e. The number of hydrogen-bond donors (Lipinski definition) is 2. The van der Waals surface area contributed by atoms with Gasteiger partial charge in [0, 0.05) is 23.4 Å². The highest BCUT2D eigenvalue weighted by Gasteiger charge is 2.18. The predicted octanol–water partition coefficient (Wildman–Crippen LogP) is 3.25. The lowest BCUT2D eigenvalue weighted by molar-refractivity contribution is 0.0915. The number of aliphatic hydroxyl groups is 1. The highest BCUT2D eigenvalue weighted by atomic mass is 127. The maximum atomic E-state index is 12.2. The van der Waals surface area contributed by atoms with Crippen LogP contribution in [-0.2, 0) is 0 Å². The van der Waals surface area contributed by atoms with Gasteiger partial charge in [-0.15, -0.1) is 0 Å². The van der Waals surface area contributed by atoms with Gasteiger partial charge in [-0.25, -0.2) is 0 Å². The molecule has 0 aliphatic heterocycles. The molecule has 100 valence electrons. The van der Waals surface area contributed by atoms with Gasteiger partial charge >= 0.3 is 0 Å². The van der Waals surface area contributed by atoms with Crippen LogP contribution in [0, 0.1) is 16.6 Å². The molecule has 3 nitrogen and oxygen atoms in total. The Kier molecular flexibility index (Phi) is 7.11. The highest BCUT2D eigenvalue weighted by molar-refractivity contribution is 14.1. The van der Waals surface area contributed by atoms with Gasteiger partial charge in [-0.1, -0.05) is 6.92 Å². The van der Waals surface area contributed by atoms with Crippen LogP contribution >= 0.6 is 67.8 Å². The molecule has 0 saturated carbocycles. The molecule has 2 atom stereocenters. The third kappa shape index (κ3) is 4.44. The van der Waals surface area contributed by atoms with Crippen molar-refractivity contribution in [1.29, 1.82) is 0 Å². The number of aliphatic hydroxyl groups excluding tert-OH is 1. The Labute approximate surface area is 148 Å². The number of hydrogen-bond acceptors (Lipinski definition) is 2. The minimum absolute atomic E-state index is 0.0474. The van der Waals surface area contributed by atoms with Crippen LogP contribution in [0.1, 0.15) is 24.2 Å². The van der Waals surface area contributed by atoms with E-state index < -0.39 is 0 Å². The maximum absolute atomic E-state index is 12.2. The molecular weight excluding hydrogens is 571 g/mol. The fraction of sp³-hybridized carbons (Fsp3) is 0.417. The second-order valence-corrected chi connectivity index (χ2v) is 7.66. The van der Waals surface area contributed by atoms with E-state index in [0.717, 1.165) is 10.7 Å². The van der Waals surface area contributed by atoms with Crippen molar-refractivity contribution in [2.75, 3.05) is 6.61 Å². The van der Waals surface area contributed by atoms with Gasteiger partial charge in [-0.2, -0.15) is 0 Å². The molecule has 0 aliphatic carbocycles. The maximum Gasteiger partial charge on any atom is 0.252 e. The van der Waals surface area contributed by atoms with Gasteiger partial charge in [0.2, 0.25) is 0 Å². The van der Waals surface area contributed by atoms with E-state index in [9.17, 15) is 4.79 Å². The molecule has 0 fully saturated rings. The average Bonchev–Trinajstić information content (AvgIpc) is 2.32. The summed E-state index contributed by atoms with van der Waals surface area (Å²) in [5, 5.41) is 12.0. The van der Waals surface area contributed by atoms with E-state index in [-0.39, 0.29) is 24.5 Å². The normalized spacial score (nSPS) is 14.1. The number of nitrogens with one attached hydrogen (secondary N) is 1. The second-order valence-electron chi connectivity index (χ2n) is 4.17. The molecule has 0 bridgehead atoms. The quantitative estimate of drug-likeness (QED) is 0.422. The summed E-state index contributed by atoms with van der Waals surface area (Å²) in [6.45, 7) is 3.89. The number of halogens is 3. The van der Waals surface area contributed by atoms with Crippen molar-refractivity contribution in [3.05, 3.63) is 28.4 Å². The second kappa shape index (κ2) is 7.58. The topological polar surface area (TPSA) is 49.3 Å². The summed E-state index contributed by atoms with van der Waals surface area (Å²) in [6, 6.07) is 3.88. The van der Waals surface area contributed by atoms with E-state index in [2.05, 4.69) is 73.1 Å². The molecule has 1 rings (SSSR count). The smallest absolute Gasteiger partial charge is 0.252 e. The van der Waals surface area contributed by atoms with Gasteiger partial charge in [-0.05, 0) is 92.7 Å². The molecule has 0 aromatic heterocycles. The third-order valence-electron chi connectivity index (χ3n) is 2.74. The minimum atomic E-state index is -0.0800. The third-order valence-corrected chi connectivity index (χ3v) is 6.41. The van der Waals surface area contributed by atoms with E-state index in [1.165, 1.54) is 0 Å². The van der Waals surface area contributed by atoms with Gasteiger partial charge in [0.1, 0.15) is 0 Å². The van der Waals surface area contributed by atoms with Gasteiger partial charge in [0.15, 0.2) is 0 Å². The van der Waals surface area contributed by atoms with Crippen LogP contribution in [-0.4, -0.2) is 23.7 Å². The molecule has 1 aromatic carbocycles. The fourth-order valence-electron chi connectivity index (χ4n) is 1.31. The summed E-state index contributed by atoms with van der Waals surface area (Å²) in [6.07, 6.45) is 0. The zero-order chi connectivity index (χ0) is 13.9. The van der Waals surface area contributed by atoms with Crippen molar-refractivity contribution < 1.29 is 9.90 Å². The molecule has 0 radical (unpaired) electrons. The molecular formula is C12H14I3NO2. The first-order valence-corrected chi connectivity index (χ1v) is 8.66. The Morgan fingerprint density at radius 1 is 1.33 bits per heavy atom. The monoisotopic (exact) mass is 585 g/mol. The fourth-order valence-corrected chi connectivity index (χ4v) is 3.71. The lowest BCUT2D eigenvalue weighted by Gasteiger charge is -2.20. The predicted molar refractivity (Wildman–Crippen MR) is 97.8 cm³/mol. The first kappa shape index (κ1) is 16.9. The SMILES string of the molecule is CC(CO)C(C)NC(=O)c1cc(I)cc(I)c1I. The molecule has 18 heavy (non-hydrogen) atoms. The van der Waals surface area contributed by atoms with Crippen LogP contribution in [0.3, 0.4) is 0 Å². The first-order chi connectivity index (χ1) is 8.36. The zero-order valence-corrected chi connectivity index (χ0v) is 16.5. The summed E-state index contributed by atoms with van der Waals surface area (Å²) in [4.78, 5) is 12.2. The van der Waals surface area contributed by atoms with Crippen molar-refractivity contribution in [3.63, 3.8) is 0 Å². The van der Waals surface area contributed by atoms with E-state index in [4.69, 9.17) is 5.11 Å². The Bertz CT molecular complexity index is 451. The molecule has 0 spiro atoms. The number of amides is 1. The summed E-state index contributed by atoms with van der Waals surface area (Å²) in [5.41, 5.74) is 0.698. The van der Waals surface area contributed by atoms with Crippen LogP contribution in [0.15, 0.2) is 12.1 Å². The van der Waals surface area contributed by atoms with Crippen LogP contribution in [0.4, 0.5) is 0 Å². The van der Waals surface area contributed by atoms with Crippen LogP contribution in [0.25, 0.3) is 0 Å². The highest BCUT2D eigenvalue weighted by Crippen LogP contribution is 2.23. The Balaban J connectivity index is 2.91. The lowest BCUT2D eigenvalue weighted by atomic mass is 10.0. The van der Waals surface area contributed by atoms with Crippen molar-refractivity contribution in [2.45, 2.75) is 19.9 Å². The summed E-state index contributed by atoms with van der Waals surface area (Å²) < 4.78 is 3.09. The van der Waals surface area contributed by atoms with Crippen LogP contribution < -0.4 is 5.32 Å². The number of carbonyl (C=O) groups is 1. The minimum Gasteiger partial charge on any atom is -0.396 e. The van der Waals surface area contributed by atoms with Gasteiger partial charge in [0.25, 0.3) is 5.91 Å². The molecule has 2 N–H and O–H groups in total. The van der Waals surface area contributed by atoms with Gasteiger partial charge in [0.05, 0.1) is 5.56 Å². The average molecular weight is 585 g/mol. The zero-order valence-electron chi connectivity index (χ0n) is 10.0. The van der Waals surface area contributed by atoms with E-state index >= 15 is 0 Å². The summed E-state index contributed by atoms with van der Waals surface area (Å²) >= 11 is 6.63. The van der Waals surface area contributed by atoms with Crippen molar-refractivity contribution in [1.82, 2.24) is 5.32 Å². The van der Waals surface area contributed by atoms with Gasteiger partial charge in [-0.3, -0.25) is 4.79 Å². The molecule has 2 unspecified atom stereocenters. The Morgan fingerprint density at radius 3 is 2.50 bits per heavy atom. The van der Waals surface area contributed by atoms with Crippen molar-refractivity contribution >= 4 is 73.7 Å². The van der Waals surface area contributed by atoms with Crippen LogP contribution in [0.5, 0.6) is 0 Å². The standard InChI is InChI=1S/C12H14I3NO2/c1-6(5-17)7(2)16-12(18)9-3-8(13)4-10(14)11(9)15/h3-4,6-7,17H,5H2,1-2H3,(H,16,18). The number of benzene rings is 1. The van der Waals surface area contributed by atoms with E-state index in [1.807, 2.05) is 26.0 Å². The first-order valence-electron chi connectivity index (χ1n) is 5.43. The molecule has 1 amide bonds. The summed E-state index contributed by atoms with van der Waals surface area (Å²) in [5.74, 6) is -0.0305. The van der Waals surface area contributed by atoms with Crippen molar-refractivity contribution in [2.24, 2.45) is 5.92 Å². The molecule has 0 saturated heterocycles.